The fourth-order valence-corrected chi connectivity index (χ4v) is 2.18. The van der Waals surface area contributed by atoms with E-state index in [1.807, 2.05) is 0 Å². The van der Waals surface area contributed by atoms with Crippen LogP contribution in [0.2, 0.25) is 0 Å². The summed E-state index contributed by atoms with van der Waals surface area (Å²) in [4.78, 5) is 24.2. The van der Waals surface area contributed by atoms with Gasteiger partial charge in [-0.1, -0.05) is 15.9 Å². The maximum Gasteiger partial charge on any atom is 0.339 e. The Labute approximate surface area is 118 Å². The molecule has 1 aromatic rings. The van der Waals surface area contributed by atoms with Gasteiger partial charge >= 0.3 is 5.97 Å². The fraction of sp³-hybridized carbons (Fsp3) is 0.273. The van der Waals surface area contributed by atoms with E-state index in [1.54, 1.807) is 20.0 Å². The molecule has 1 aliphatic rings. The first kappa shape index (κ1) is 14.8. The van der Waals surface area contributed by atoms with Gasteiger partial charge in [0.1, 0.15) is 5.56 Å². The Kier molecular flexibility index (Phi) is 4.24. The van der Waals surface area contributed by atoms with Crippen molar-refractivity contribution in [1.29, 1.82) is 0 Å². The number of aromatic carboxylic acids is 1. The summed E-state index contributed by atoms with van der Waals surface area (Å²) >= 11 is 3.22. The molecule has 0 radical (unpaired) electrons. The van der Waals surface area contributed by atoms with Gasteiger partial charge in [-0.25, -0.2) is 4.79 Å². The smallest absolute Gasteiger partial charge is 0.339 e. The third-order valence-corrected chi connectivity index (χ3v) is 3.06. The Balaban J connectivity index is 0.00000162. The first-order valence-electron chi connectivity index (χ1n) is 4.93. The van der Waals surface area contributed by atoms with Gasteiger partial charge in [-0.2, -0.15) is 0 Å². The van der Waals surface area contributed by atoms with Crippen LogP contribution in [0.15, 0.2) is 16.6 Å². The summed E-state index contributed by atoms with van der Waals surface area (Å²) in [6.45, 7) is 1.59. The number of nitrogens with zero attached hydrogens (tertiary/aromatic N) is 1. The maximum atomic E-state index is 11.7. The van der Waals surface area contributed by atoms with Crippen molar-refractivity contribution in [2.75, 3.05) is 11.9 Å². The van der Waals surface area contributed by atoms with E-state index in [0.717, 1.165) is 0 Å². The van der Waals surface area contributed by atoms with Gasteiger partial charge in [-0.3, -0.25) is 4.79 Å². The molecule has 0 aliphatic carbocycles. The largest absolute Gasteiger partial charge is 0.478 e. The Morgan fingerprint density at radius 2 is 2.11 bits per heavy atom. The van der Waals surface area contributed by atoms with E-state index in [2.05, 4.69) is 15.9 Å². The van der Waals surface area contributed by atoms with Crippen molar-refractivity contribution in [3.63, 3.8) is 0 Å². The molecule has 0 aromatic heterocycles. The van der Waals surface area contributed by atoms with Crippen LogP contribution < -0.4 is 9.64 Å². The number of carbonyl (C=O) groups excluding carboxylic acids is 1. The van der Waals surface area contributed by atoms with E-state index >= 15 is 0 Å². The average Bonchev–Trinajstić information content (AvgIpc) is 2.26. The van der Waals surface area contributed by atoms with Crippen LogP contribution in [0.1, 0.15) is 17.3 Å². The minimum atomic E-state index is -1.09. The number of carboxylic acids is 1. The zero-order valence-electron chi connectivity index (χ0n) is 9.64. The van der Waals surface area contributed by atoms with Gasteiger partial charge in [-0.05, 0) is 19.1 Å². The Hall–Kier alpha value is -1.27. The predicted octanol–water partition coefficient (Wildman–Crippen LogP) is 2.31. The van der Waals surface area contributed by atoms with Crippen LogP contribution in [-0.4, -0.2) is 30.1 Å². The molecular formula is C11H11BrClNO4. The van der Waals surface area contributed by atoms with E-state index < -0.39 is 12.1 Å². The van der Waals surface area contributed by atoms with Gasteiger partial charge in [0.05, 0.1) is 5.69 Å². The van der Waals surface area contributed by atoms with Crippen LogP contribution in [0.5, 0.6) is 5.75 Å². The first-order chi connectivity index (χ1) is 7.91. The van der Waals surface area contributed by atoms with Gasteiger partial charge < -0.3 is 14.7 Å². The Bertz CT molecular complexity index is 520. The van der Waals surface area contributed by atoms with Crippen molar-refractivity contribution >= 4 is 45.9 Å². The van der Waals surface area contributed by atoms with E-state index in [-0.39, 0.29) is 29.6 Å². The third-order valence-electron chi connectivity index (χ3n) is 2.60. The fourth-order valence-electron chi connectivity index (χ4n) is 1.73. The average molecular weight is 337 g/mol. The second-order valence-corrected chi connectivity index (χ2v) is 4.68. The molecule has 0 saturated heterocycles. The highest BCUT2D eigenvalue weighted by Gasteiger charge is 2.32. The number of hydrogen-bond donors (Lipinski definition) is 1. The van der Waals surface area contributed by atoms with Gasteiger partial charge in [0.25, 0.3) is 5.91 Å². The summed E-state index contributed by atoms with van der Waals surface area (Å²) < 4.78 is 5.96. The lowest BCUT2D eigenvalue weighted by molar-refractivity contribution is -0.125. The number of fused-ring (bicyclic) bond motifs is 1. The number of hydrogen-bond acceptors (Lipinski definition) is 3. The SMILES string of the molecule is CC1Oc2c(C(=O)O)cc(Br)cc2N(C)C1=O.Cl. The maximum absolute atomic E-state index is 11.7. The zero-order chi connectivity index (χ0) is 12.7. The highest BCUT2D eigenvalue weighted by molar-refractivity contribution is 9.10. The number of anilines is 1. The molecule has 18 heavy (non-hydrogen) atoms. The van der Waals surface area contributed by atoms with Crippen LogP contribution in [0, 0.1) is 0 Å². The van der Waals surface area contributed by atoms with Crippen molar-refractivity contribution in [2.45, 2.75) is 13.0 Å². The van der Waals surface area contributed by atoms with Gasteiger partial charge in [0.15, 0.2) is 11.9 Å². The molecule has 7 heteroatoms. The molecule has 1 aliphatic heterocycles. The molecule has 1 atom stereocenters. The molecule has 98 valence electrons. The molecule has 1 amide bonds. The molecule has 1 aromatic carbocycles. The van der Waals surface area contributed by atoms with Crippen molar-refractivity contribution in [1.82, 2.24) is 0 Å². The summed E-state index contributed by atoms with van der Waals surface area (Å²) in [6, 6.07) is 3.11. The highest BCUT2D eigenvalue weighted by Crippen LogP contribution is 2.38. The van der Waals surface area contributed by atoms with Crippen LogP contribution in [-0.2, 0) is 4.79 Å². The molecular weight excluding hydrogens is 325 g/mol. The van der Waals surface area contributed by atoms with E-state index in [4.69, 9.17) is 9.84 Å². The van der Waals surface area contributed by atoms with E-state index in [9.17, 15) is 9.59 Å². The zero-order valence-corrected chi connectivity index (χ0v) is 12.0. The summed E-state index contributed by atoms with van der Waals surface area (Å²) in [7, 11) is 1.60. The summed E-state index contributed by atoms with van der Waals surface area (Å²) in [5.74, 6) is -1.06. The van der Waals surface area contributed by atoms with E-state index in [1.165, 1.54) is 11.0 Å². The molecule has 1 N–H and O–H groups in total. The third kappa shape index (κ3) is 2.30. The van der Waals surface area contributed by atoms with Gasteiger partial charge in [-0.15, -0.1) is 12.4 Å². The van der Waals surface area contributed by atoms with Crippen LogP contribution in [0.3, 0.4) is 0 Å². The number of carbonyl (C=O) groups is 2. The number of halogens is 2. The number of rotatable bonds is 1. The lowest BCUT2D eigenvalue weighted by Crippen LogP contribution is -2.42. The molecule has 0 saturated carbocycles. The topological polar surface area (TPSA) is 66.8 Å². The van der Waals surface area contributed by atoms with Crippen LogP contribution in [0.25, 0.3) is 0 Å². The number of likely N-dealkylation sites (N-methyl/N-ethyl adjacent to an activating group) is 1. The molecule has 0 bridgehead atoms. The van der Waals surface area contributed by atoms with Crippen molar-refractivity contribution in [3.8, 4) is 5.75 Å². The number of amides is 1. The molecule has 1 heterocycles. The minimum Gasteiger partial charge on any atom is -0.478 e. The summed E-state index contributed by atoms with van der Waals surface area (Å²) in [5.41, 5.74) is 0.500. The van der Waals surface area contributed by atoms with Crippen LogP contribution >= 0.6 is 28.3 Å². The first-order valence-corrected chi connectivity index (χ1v) is 5.72. The van der Waals surface area contributed by atoms with Gasteiger partial charge in [0.2, 0.25) is 0 Å². The second kappa shape index (κ2) is 5.16. The van der Waals surface area contributed by atoms with Crippen LogP contribution in [0.4, 0.5) is 5.69 Å². The lowest BCUT2D eigenvalue weighted by Gasteiger charge is -2.31. The molecule has 2 rings (SSSR count). The van der Waals surface area contributed by atoms with Crippen molar-refractivity contribution in [3.05, 3.63) is 22.2 Å². The molecule has 0 spiro atoms. The number of ether oxygens (including phenoxy) is 1. The Morgan fingerprint density at radius 1 is 1.50 bits per heavy atom. The van der Waals surface area contributed by atoms with Crippen molar-refractivity contribution < 1.29 is 19.4 Å². The highest BCUT2D eigenvalue weighted by atomic mass is 79.9. The monoisotopic (exact) mass is 335 g/mol. The molecule has 0 fully saturated rings. The molecule has 1 unspecified atom stereocenters. The Morgan fingerprint density at radius 3 is 2.67 bits per heavy atom. The van der Waals surface area contributed by atoms with Gasteiger partial charge in [0, 0.05) is 11.5 Å². The number of carboxylic acid groups (broad SMARTS) is 1. The summed E-state index contributed by atoms with van der Waals surface area (Å²) in [6.07, 6.45) is -0.674. The van der Waals surface area contributed by atoms with E-state index in [0.29, 0.717) is 10.2 Å². The minimum absolute atomic E-state index is 0. The number of benzene rings is 1. The normalized spacial score (nSPS) is 17.6. The lowest BCUT2D eigenvalue weighted by atomic mass is 10.1. The molecule has 5 nitrogen and oxygen atoms in total. The van der Waals surface area contributed by atoms with Crippen molar-refractivity contribution in [2.24, 2.45) is 0 Å². The second-order valence-electron chi connectivity index (χ2n) is 3.76. The standard InChI is InChI=1S/C11H10BrNO4.ClH/c1-5-10(14)13(2)8-4-6(12)3-7(11(15)16)9(8)17-5;/h3-5H,1-2H3,(H,15,16);1H. The predicted molar refractivity (Wildman–Crippen MR) is 71.8 cm³/mol. The summed E-state index contributed by atoms with van der Waals surface area (Å²) in [5, 5.41) is 9.10. The quantitative estimate of drug-likeness (QED) is 0.854.